The van der Waals surface area contributed by atoms with Crippen LogP contribution in [0.25, 0.3) is 0 Å². The second-order valence-corrected chi connectivity index (χ2v) is 7.59. The Morgan fingerprint density at radius 1 is 1.00 bits per heavy atom. The third-order valence-electron chi connectivity index (χ3n) is 6.00. The Bertz CT molecular complexity index is 732. The number of nitrogen functional groups attached to an aromatic ring is 1. The molecule has 1 fully saturated rings. The number of fused-ring (bicyclic) bond motifs is 1. The first-order chi connectivity index (χ1) is 12.2. The minimum atomic E-state index is 0.529. The number of nitrogens with two attached hydrogens (primary N) is 1. The summed E-state index contributed by atoms with van der Waals surface area (Å²) >= 11 is 0. The predicted octanol–water partition coefficient (Wildman–Crippen LogP) is 4.53. The number of nitrogens with zero attached hydrogens (tertiary/aromatic N) is 1. The Hall–Kier alpha value is -2.00. The summed E-state index contributed by atoms with van der Waals surface area (Å²) in [7, 11) is 0. The summed E-state index contributed by atoms with van der Waals surface area (Å²) in [5.74, 6) is 0. The van der Waals surface area contributed by atoms with E-state index in [0.29, 0.717) is 12.1 Å². The molecule has 25 heavy (non-hydrogen) atoms. The van der Waals surface area contributed by atoms with Crippen molar-refractivity contribution in [1.82, 2.24) is 4.90 Å². The molecule has 0 amide bonds. The summed E-state index contributed by atoms with van der Waals surface area (Å²) in [5, 5.41) is 3.65. The van der Waals surface area contributed by atoms with Gasteiger partial charge in [0, 0.05) is 25.2 Å². The molecule has 3 nitrogen and oxygen atoms in total. The molecule has 0 bridgehead atoms. The topological polar surface area (TPSA) is 41.3 Å². The van der Waals surface area contributed by atoms with Crippen LogP contribution in [-0.4, -0.2) is 24.0 Å². The van der Waals surface area contributed by atoms with Gasteiger partial charge in [0.15, 0.2) is 0 Å². The van der Waals surface area contributed by atoms with Gasteiger partial charge < -0.3 is 11.1 Å². The lowest BCUT2D eigenvalue weighted by Crippen LogP contribution is -2.42. The van der Waals surface area contributed by atoms with Crippen molar-refractivity contribution >= 4 is 11.4 Å². The molecule has 4 rings (SSSR count). The Labute approximate surface area is 151 Å². The van der Waals surface area contributed by atoms with Crippen molar-refractivity contribution in [3.63, 3.8) is 0 Å². The van der Waals surface area contributed by atoms with E-state index in [1.807, 2.05) is 12.1 Å². The highest BCUT2D eigenvalue weighted by atomic mass is 15.2. The van der Waals surface area contributed by atoms with Gasteiger partial charge in [0.2, 0.25) is 0 Å². The summed E-state index contributed by atoms with van der Waals surface area (Å²) in [6.45, 7) is 4.60. The highest BCUT2D eigenvalue weighted by molar-refractivity contribution is 5.66. The maximum absolute atomic E-state index is 6.08. The van der Waals surface area contributed by atoms with Crippen molar-refractivity contribution in [2.45, 2.75) is 51.1 Å². The molecule has 3 heteroatoms. The molecule has 1 atom stereocenters. The molecule has 1 saturated heterocycles. The lowest BCUT2D eigenvalue weighted by molar-refractivity contribution is 0.142. The molecular weight excluding hydrogens is 306 g/mol. The molecule has 1 heterocycles. The first-order valence-corrected chi connectivity index (χ1v) is 9.66. The number of para-hydroxylation sites is 2. The van der Waals surface area contributed by atoms with Gasteiger partial charge in [0.25, 0.3) is 0 Å². The van der Waals surface area contributed by atoms with Gasteiger partial charge in [-0.1, -0.05) is 30.3 Å². The lowest BCUT2D eigenvalue weighted by Gasteiger charge is -2.41. The van der Waals surface area contributed by atoms with Crippen LogP contribution in [0.2, 0.25) is 0 Å². The van der Waals surface area contributed by atoms with Crippen LogP contribution in [0.3, 0.4) is 0 Å². The van der Waals surface area contributed by atoms with Crippen LogP contribution in [0.5, 0.6) is 0 Å². The number of nitrogens with one attached hydrogen (secondary N) is 1. The molecule has 3 N–H and O–H groups in total. The molecular formula is C22H29N3. The Balaban J connectivity index is 1.42. The lowest BCUT2D eigenvalue weighted by atomic mass is 9.83. The van der Waals surface area contributed by atoms with E-state index >= 15 is 0 Å². The summed E-state index contributed by atoms with van der Waals surface area (Å²) in [6, 6.07) is 16.1. The molecule has 2 aromatic carbocycles. The van der Waals surface area contributed by atoms with E-state index < -0.39 is 0 Å². The average Bonchev–Trinajstić information content (AvgIpc) is 2.64. The summed E-state index contributed by atoms with van der Waals surface area (Å²) in [5.41, 5.74) is 12.7. The van der Waals surface area contributed by atoms with Crippen molar-refractivity contribution in [1.29, 1.82) is 0 Å². The van der Waals surface area contributed by atoms with Gasteiger partial charge in [0.1, 0.15) is 0 Å². The molecule has 2 aliphatic rings. The fraction of sp³-hybridized carbons (Fsp3) is 0.455. The van der Waals surface area contributed by atoms with Gasteiger partial charge in [-0.15, -0.1) is 0 Å². The van der Waals surface area contributed by atoms with E-state index in [2.05, 4.69) is 47.5 Å². The second-order valence-electron chi connectivity index (χ2n) is 7.59. The smallest absolute Gasteiger partial charge is 0.0576 e. The second kappa shape index (κ2) is 7.09. The summed E-state index contributed by atoms with van der Waals surface area (Å²) in [4.78, 5) is 2.71. The molecule has 1 aliphatic heterocycles. The van der Waals surface area contributed by atoms with Crippen LogP contribution in [0.4, 0.5) is 11.4 Å². The maximum atomic E-state index is 6.08. The number of benzene rings is 2. The number of hydrogen-bond donors (Lipinski definition) is 2. The van der Waals surface area contributed by atoms with Gasteiger partial charge >= 0.3 is 0 Å². The van der Waals surface area contributed by atoms with Gasteiger partial charge in [-0.05, 0) is 67.9 Å². The first kappa shape index (κ1) is 16.5. The quantitative estimate of drug-likeness (QED) is 0.810. The van der Waals surface area contributed by atoms with Crippen molar-refractivity contribution < 1.29 is 0 Å². The average molecular weight is 335 g/mol. The highest BCUT2D eigenvalue weighted by Gasteiger charge is 2.29. The zero-order valence-electron chi connectivity index (χ0n) is 15.2. The van der Waals surface area contributed by atoms with Gasteiger partial charge in [-0.25, -0.2) is 0 Å². The first-order valence-electron chi connectivity index (χ1n) is 9.66. The molecule has 0 aromatic heterocycles. The third kappa shape index (κ3) is 3.38. The standard InChI is InChI=1S/C22H29N3/c1-16-6-4-8-19-18(16)7-5-11-22(19)25-14-12-17(13-15-25)24-21-10-3-2-9-20(21)23/h2-4,6,8-10,17,22,24H,5,7,11-15,23H2,1H3/t22-/m1/s1. The number of aryl methyl sites for hydroxylation is 1. The molecule has 1 aliphatic carbocycles. The van der Waals surface area contributed by atoms with E-state index in [0.717, 1.165) is 11.4 Å². The predicted molar refractivity (Wildman–Crippen MR) is 106 cm³/mol. The van der Waals surface area contributed by atoms with Crippen LogP contribution < -0.4 is 11.1 Å². The van der Waals surface area contributed by atoms with Gasteiger partial charge in [-0.3, -0.25) is 4.90 Å². The monoisotopic (exact) mass is 335 g/mol. The number of piperidine rings is 1. The molecule has 0 saturated carbocycles. The fourth-order valence-corrected chi connectivity index (χ4v) is 4.59. The minimum Gasteiger partial charge on any atom is -0.397 e. The summed E-state index contributed by atoms with van der Waals surface area (Å²) in [6.07, 6.45) is 6.25. The number of hydrogen-bond acceptors (Lipinski definition) is 3. The number of anilines is 2. The summed E-state index contributed by atoms with van der Waals surface area (Å²) < 4.78 is 0. The largest absolute Gasteiger partial charge is 0.397 e. The van der Waals surface area contributed by atoms with Crippen LogP contribution in [0.15, 0.2) is 42.5 Å². The van der Waals surface area contributed by atoms with E-state index in [1.165, 1.54) is 50.8 Å². The van der Waals surface area contributed by atoms with Crippen LogP contribution in [0, 0.1) is 6.92 Å². The third-order valence-corrected chi connectivity index (χ3v) is 6.00. The molecule has 0 unspecified atom stereocenters. The molecule has 0 spiro atoms. The van der Waals surface area contributed by atoms with Crippen molar-refractivity contribution in [3.8, 4) is 0 Å². The highest BCUT2D eigenvalue weighted by Crippen LogP contribution is 2.37. The van der Waals surface area contributed by atoms with E-state index in [-0.39, 0.29) is 0 Å². The Morgan fingerprint density at radius 2 is 1.80 bits per heavy atom. The maximum Gasteiger partial charge on any atom is 0.0576 e. The molecule has 2 aromatic rings. The molecule has 0 radical (unpaired) electrons. The SMILES string of the molecule is Cc1cccc2c1CCC[C@H]2N1CCC(Nc2ccccc2N)CC1. The van der Waals surface area contributed by atoms with Gasteiger partial charge in [-0.2, -0.15) is 0 Å². The van der Waals surface area contributed by atoms with Crippen molar-refractivity contribution in [3.05, 3.63) is 59.2 Å². The normalized spacial score (nSPS) is 21.7. The van der Waals surface area contributed by atoms with Crippen LogP contribution in [-0.2, 0) is 6.42 Å². The number of rotatable bonds is 3. The Kier molecular flexibility index (Phi) is 4.67. The molecule has 132 valence electrons. The van der Waals surface area contributed by atoms with Crippen molar-refractivity contribution in [2.24, 2.45) is 0 Å². The van der Waals surface area contributed by atoms with Crippen molar-refractivity contribution in [2.75, 3.05) is 24.1 Å². The van der Waals surface area contributed by atoms with Crippen LogP contribution >= 0.6 is 0 Å². The zero-order valence-corrected chi connectivity index (χ0v) is 15.2. The van der Waals surface area contributed by atoms with Crippen LogP contribution in [0.1, 0.15) is 48.4 Å². The van der Waals surface area contributed by atoms with E-state index in [4.69, 9.17) is 5.73 Å². The fourth-order valence-electron chi connectivity index (χ4n) is 4.59. The number of likely N-dealkylation sites (tertiary alicyclic amines) is 1. The van der Waals surface area contributed by atoms with E-state index in [1.54, 1.807) is 11.1 Å². The van der Waals surface area contributed by atoms with Gasteiger partial charge in [0.05, 0.1) is 11.4 Å². The minimum absolute atomic E-state index is 0.529. The Morgan fingerprint density at radius 3 is 2.60 bits per heavy atom. The van der Waals surface area contributed by atoms with E-state index in [9.17, 15) is 0 Å². The zero-order chi connectivity index (χ0) is 17.2.